The standard InChI is InChI=1S/C21H28N4O3.HI/c1-2-22-21(24-17-13-14-9-10-18(17)28-14)23-11-5-6-12-25-19(26)15-7-3-4-8-16(15)20(25)27;/h3-4,7-8,14,17-18H,2,5-6,9-13H2,1H3,(H2,22,23,24);1H. The fourth-order valence-corrected chi connectivity index (χ4v) is 4.30. The molecule has 3 unspecified atom stereocenters. The molecule has 3 atom stereocenters. The van der Waals surface area contributed by atoms with Crippen molar-refractivity contribution < 1.29 is 14.3 Å². The number of benzene rings is 1. The molecule has 8 heteroatoms. The zero-order valence-corrected chi connectivity index (χ0v) is 19.1. The number of unbranched alkanes of at least 4 members (excludes halogenated alkanes) is 1. The average molecular weight is 512 g/mol. The number of imide groups is 1. The Morgan fingerprint density at radius 2 is 1.90 bits per heavy atom. The van der Waals surface area contributed by atoms with Crippen molar-refractivity contribution in [3.63, 3.8) is 0 Å². The second-order valence-electron chi connectivity index (χ2n) is 7.64. The number of aliphatic imine (C=N–C) groups is 1. The number of guanidine groups is 1. The zero-order valence-electron chi connectivity index (χ0n) is 16.7. The highest BCUT2D eigenvalue weighted by Gasteiger charge is 2.41. The molecule has 4 rings (SSSR count). The van der Waals surface area contributed by atoms with Crippen LogP contribution in [0.25, 0.3) is 0 Å². The smallest absolute Gasteiger partial charge is 0.261 e. The van der Waals surface area contributed by atoms with Gasteiger partial charge in [-0.05, 0) is 51.2 Å². The molecule has 0 saturated carbocycles. The van der Waals surface area contributed by atoms with Crippen LogP contribution in [0.3, 0.4) is 0 Å². The van der Waals surface area contributed by atoms with E-state index in [0.29, 0.717) is 42.5 Å². The quantitative estimate of drug-likeness (QED) is 0.193. The van der Waals surface area contributed by atoms with Crippen molar-refractivity contribution in [2.24, 2.45) is 4.99 Å². The van der Waals surface area contributed by atoms with Crippen LogP contribution in [0.15, 0.2) is 29.3 Å². The van der Waals surface area contributed by atoms with Gasteiger partial charge < -0.3 is 15.4 Å². The van der Waals surface area contributed by atoms with Gasteiger partial charge in [-0.1, -0.05) is 12.1 Å². The molecule has 7 nitrogen and oxygen atoms in total. The second kappa shape index (κ2) is 9.88. The summed E-state index contributed by atoms with van der Waals surface area (Å²) in [6.07, 6.45) is 5.63. The van der Waals surface area contributed by atoms with E-state index in [1.165, 1.54) is 11.3 Å². The summed E-state index contributed by atoms with van der Waals surface area (Å²) in [7, 11) is 0. The van der Waals surface area contributed by atoms with Gasteiger partial charge in [0, 0.05) is 19.6 Å². The Labute approximate surface area is 188 Å². The third kappa shape index (κ3) is 4.74. The molecule has 2 fully saturated rings. The van der Waals surface area contributed by atoms with Gasteiger partial charge in [0.2, 0.25) is 0 Å². The molecule has 1 aromatic rings. The number of carbonyl (C=O) groups is 2. The molecule has 0 aromatic heterocycles. The van der Waals surface area contributed by atoms with Crippen LogP contribution in [0.2, 0.25) is 0 Å². The van der Waals surface area contributed by atoms with Gasteiger partial charge in [-0.2, -0.15) is 0 Å². The van der Waals surface area contributed by atoms with Crippen LogP contribution >= 0.6 is 24.0 Å². The second-order valence-corrected chi connectivity index (χ2v) is 7.64. The molecule has 2 bridgehead atoms. The molecule has 2 saturated heterocycles. The highest BCUT2D eigenvalue weighted by atomic mass is 127. The molecule has 0 spiro atoms. The summed E-state index contributed by atoms with van der Waals surface area (Å²) in [6.45, 7) is 3.95. The van der Waals surface area contributed by atoms with Crippen molar-refractivity contribution in [2.45, 2.75) is 57.3 Å². The topological polar surface area (TPSA) is 83.0 Å². The predicted molar refractivity (Wildman–Crippen MR) is 122 cm³/mol. The summed E-state index contributed by atoms with van der Waals surface area (Å²) in [5.74, 6) is 0.454. The van der Waals surface area contributed by atoms with Gasteiger partial charge in [0.15, 0.2) is 5.96 Å². The average Bonchev–Trinajstić information content (AvgIpc) is 3.38. The predicted octanol–water partition coefficient (Wildman–Crippen LogP) is 2.56. The minimum absolute atomic E-state index is 0. The first kappa shape index (κ1) is 22.0. The SMILES string of the molecule is CCNC(=NCCCCN1C(=O)c2ccccc2C1=O)NC1CC2CCC1O2.I. The van der Waals surface area contributed by atoms with E-state index in [9.17, 15) is 9.59 Å². The lowest BCUT2D eigenvalue weighted by atomic mass is 9.96. The normalized spacial score (nSPS) is 25.2. The molecular formula is C21H29IN4O3. The number of carbonyl (C=O) groups excluding carboxylic acids is 2. The Morgan fingerprint density at radius 3 is 2.48 bits per heavy atom. The molecule has 158 valence electrons. The monoisotopic (exact) mass is 512 g/mol. The summed E-state index contributed by atoms with van der Waals surface area (Å²) >= 11 is 0. The number of fused-ring (bicyclic) bond motifs is 3. The maximum Gasteiger partial charge on any atom is 0.261 e. The summed E-state index contributed by atoms with van der Waals surface area (Å²) in [5.41, 5.74) is 1.02. The molecule has 2 N–H and O–H groups in total. The van der Waals surface area contributed by atoms with E-state index in [4.69, 9.17) is 4.74 Å². The van der Waals surface area contributed by atoms with Gasteiger partial charge in [-0.3, -0.25) is 19.5 Å². The van der Waals surface area contributed by atoms with E-state index in [-0.39, 0.29) is 35.8 Å². The number of amides is 2. The number of nitrogens with zero attached hydrogens (tertiary/aromatic N) is 2. The van der Waals surface area contributed by atoms with Gasteiger partial charge in [0.1, 0.15) is 0 Å². The van der Waals surface area contributed by atoms with Gasteiger partial charge in [0.05, 0.1) is 29.4 Å². The molecule has 29 heavy (non-hydrogen) atoms. The molecule has 0 aliphatic carbocycles. The van der Waals surface area contributed by atoms with Crippen LogP contribution in [-0.4, -0.2) is 60.6 Å². The number of ether oxygens (including phenoxy) is 1. The molecular weight excluding hydrogens is 483 g/mol. The number of hydrogen-bond acceptors (Lipinski definition) is 4. The van der Waals surface area contributed by atoms with Gasteiger partial charge >= 0.3 is 0 Å². The van der Waals surface area contributed by atoms with Gasteiger partial charge in [-0.15, -0.1) is 24.0 Å². The van der Waals surface area contributed by atoms with E-state index in [2.05, 4.69) is 22.5 Å². The summed E-state index contributed by atoms with van der Waals surface area (Å²) in [4.78, 5) is 30.7. The fourth-order valence-electron chi connectivity index (χ4n) is 4.30. The van der Waals surface area contributed by atoms with Crippen LogP contribution in [-0.2, 0) is 4.74 Å². The molecule has 3 aliphatic rings. The van der Waals surface area contributed by atoms with Crippen molar-refractivity contribution in [1.29, 1.82) is 0 Å². The number of halogens is 1. The Hall–Kier alpha value is -1.68. The minimum atomic E-state index is -0.185. The molecule has 2 amide bonds. The summed E-state index contributed by atoms with van der Waals surface area (Å²) < 4.78 is 5.90. The third-order valence-electron chi connectivity index (χ3n) is 5.71. The Morgan fingerprint density at radius 1 is 1.17 bits per heavy atom. The molecule has 3 heterocycles. The van der Waals surface area contributed by atoms with E-state index >= 15 is 0 Å². The van der Waals surface area contributed by atoms with E-state index in [0.717, 1.165) is 38.2 Å². The lowest BCUT2D eigenvalue weighted by molar-refractivity contribution is 0.0652. The van der Waals surface area contributed by atoms with E-state index < -0.39 is 0 Å². The Kier molecular flexibility index (Phi) is 7.50. The van der Waals surface area contributed by atoms with Crippen molar-refractivity contribution >= 4 is 41.8 Å². The zero-order chi connectivity index (χ0) is 19.5. The molecule has 0 radical (unpaired) electrons. The lowest BCUT2D eigenvalue weighted by Gasteiger charge is -2.22. The maximum atomic E-state index is 12.4. The first-order valence-electron chi connectivity index (χ1n) is 10.3. The fraction of sp³-hybridized carbons (Fsp3) is 0.571. The van der Waals surface area contributed by atoms with Crippen molar-refractivity contribution in [2.75, 3.05) is 19.6 Å². The van der Waals surface area contributed by atoms with Crippen molar-refractivity contribution in [3.05, 3.63) is 35.4 Å². The lowest BCUT2D eigenvalue weighted by Crippen LogP contribution is -2.47. The minimum Gasteiger partial charge on any atom is -0.373 e. The third-order valence-corrected chi connectivity index (χ3v) is 5.71. The van der Waals surface area contributed by atoms with Crippen LogP contribution < -0.4 is 10.6 Å². The van der Waals surface area contributed by atoms with E-state index in [1.807, 2.05) is 0 Å². The summed E-state index contributed by atoms with van der Waals surface area (Å²) in [5, 5.41) is 6.79. The highest BCUT2D eigenvalue weighted by molar-refractivity contribution is 14.0. The van der Waals surface area contributed by atoms with Gasteiger partial charge in [0.25, 0.3) is 11.8 Å². The van der Waals surface area contributed by atoms with Crippen LogP contribution in [0.1, 0.15) is 59.7 Å². The number of rotatable bonds is 7. The largest absolute Gasteiger partial charge is 0.373 e. The number of nitrogens with one attached hydrogen (secondary N) is 2. The van der Waals surface area contributed by atoms with Crippen LogP contribution in [0.5, 0.6) is 0 Å². The number of hydrogen-bond donors (Lipinski definition) is 2. The highest BCUT2D eigenvalue weighted by Crippen LogP contribution is 2.34. The molecule has 1 aromatic carbocycles. The van der Waals surface area contributed by atoms with E-state index in [1.54, 1.807) is 24.3 Å². The van der Waals surface area contributed by atoms with Crippen molar-refractivity contribution in [3.8, 4) is 0 Å². The van der Waals surface area contributed by atoms with Crippen LogP contribution in [0.4, 0.5) is 0 Å². The summed E-state index contributed by atoms with van der Waals surface area (Å²) in [6, 6.07) is 7.36. The Balaban J connectivity index is 0.00000240. The first-order valence-corrected chi connectivity index (χ1v) is 10.3. The Bertz CT molecular complexity index is 750. The maximum absolute atomic E-state index is 12.4. The van der Waals surface area contributed by atoms with Crippen molar-refractivity contribution in [1.82, 2.24) is 15.5 Å². The van der Waals surface area contributed by atoms with Crippen LogP contribution in [0, 0.1) is 0 Å². The van der Waals surface area contributed by atoms with Gasteiger partial charge in [-0.25, -0.2) is 0 Å². The first-order chi connectivity index (χ1) is 13.7. The molecule has 3 aliphatic heterocycles.